The topological polar surface area (TPSA) is 171 Å². The molecule has 0 aliphatic rings. The zero-order valence-electron chi connectivity index (χ0n) is 33.2. The Kier molecular flexibility index (Phi) is 15.1. The number of rotatable bonds is 14. The lowest BCUT2D eigenvalue weighted by atomic mass is 9.85. The maximum absolute atomic E-state index is 14.0. The molecular weight excluding hydrogens is 688 g/mol. The number of nitrogens with one attached hydrogen (secondary N) is 4. The van der Waals surface area contributed by atoms with Gasteiger partial charge in [0.1, 0.15) is 17.7 Å². The lowest BCUT2D eigenvalue weighted by Gasteiger charge is -2.36. The highest BCUT2D eigenvalue weighted by Crippen LogP contribution is 2.23. The molecular formula is C41H58N6O7. The van der Waals surface area contributed by atoms with E-state index in [2.05, 4.69) is 26.4 Å². The smallest absolute Gasteiger partial charge is 0.408 e. The maximum Gasteiger partial charge on any atom is 0.408 e. The van der Waals surface area contributed by atoms with Crippen molar-refractivity contribution in [3.05, 3.63) is 90.1 Å². The number of aliphatic hydroxyl groups excluding tert-OH is 1. The van der Waals surface area contributed by atoms with E-state index in [0.717, 1.165) is 22.4 Å². The van der Waals surface area contributed by atoms with Gasteiger partial charge in [0.05, 0.1) is 24.9 Å². The molecule has 2 aromatic carbocycles. The van der Waals surface area contributed by atoms with Gasteiger partial charge in [-0.15, -0.1) is 0 Å². The minimum absolute atomic E-state index is 0.125. The molecule has 3 rings (SSSR count). The Morgan fingerprint density at radius 2 is 1.30 bits per heavy atom. The molecule has 0 spiro atoms. The number of hydrazine groups is 1. The molecule has 13 heteroatoms. The average molecular weight is 747 g/mol. The third kappa shape index (κ3) is 14.1. The van der Waals surface area contributed by atoms with Gasteiger partial charge >= 0.3 is 12.2 Å². The molecule has 294 valence electrons. The molecule has 1 aromatic heterocycles. The van der Waals surface area contributed by atoms with E-state index < -0.39 is 64.7 Å². The summed E-state index contributed by atoms with van der Waals surface area (Å²) in [6.07, 6.45) is -0.772. The fourth-order valence-corrected chi connectivity index (χ4v) is 5.63. The largest absolute Gasteiger partial charge is 0.453 e. The van der Waals surface area contributed by atoms with Crippen LogP contribution >= 0.6 is 0 Å². The molecule has 1 heterocycles. The molecule has 0 saturated heterocycles. The van der Waals surface area contributed by atoms with Gasteiger partial charge in [0.25, 0.3) is 5.91 Å². The van der Waals surface area contributed by atoms with Crippen molar-refractivity contribution in [2.45, 2.75) is 105 Å². The molecule has 1 unspecified atom stereocenters. The summed E-state index contributed by atoms with van der Waals surface area (Å²) in [6.45, 7) is 16.1. The van der Waals surface area contributed by atoms with E-state index in [9.17, 15) is 24.3 Å². The molecule has 0 bridgehead atoms. The number of nitrogens with zero attached hydrogens (tertiary/aromatic N) is 2. The Hall–Kier alpha value is -5.01. The fraction of sp³-hybridized carbons (Fsp3) is 0.488. The molecule has 0 aliphatic carbocycles. The standard InChI is InChI=1S/C41H58N6O7/c1-39(2,3)33(45-38(52)54-41(7,8)9)35(49)43-31(24-27-16-12-11-13-17-27)32(48)26-47(46-36(50)34(40(4,5)6)44-37(51)53-10)25-28-19-21-29(22-20-28)30-18-14-15-23-42-30/h11-23,31-34,48H,24-26H2,1-10H3,(H,43,49)(H,44,51)(H,45,52)(H,46,50)/t31?,32-,33+,34+/m0/s1. The van der Waals surface area contributed by atoms with Crippen molar-refractivity contribution in [3.8, 4) is 11.3 Å². The van der Waals surface area contributed by atoms with Crippen LogP contribution in [0.5, 0.6) is 0 Å². The van der Waals surface area contributed by atoms with Gasteiger partial charge in [-0.25, -0.2) is 14.6 Å². The number of aromatic nitrogens is 1. The second kappa shape index (κ2) is 18.8. The van der Waals surface area contributed by atoms with E-state index in [1.807, 2.05) is 114 Å². The molecule has 5 N–H and O–H groups in total. The summed E-state index contributed by atoms with van der Waals surface area (Å²) in [7, 11) is 1.22. The van der Waals surface area contributed by atoms with Crippen LogP contribution in [0.15, 0.2) is 79.0 Å². The highest BCUT2D eigenvalue weighted by Gasteiger charge is 2.38. The summed E-state index contributed by atoms with van der Waals surface area (Å²) >= 11 is 0. The zero-order valence-corrected chi connectivity index (χ0v) is 33.2. The number of hydrogen-bond donors (Lipinski definition) is 5. The molecule has 0 radical (unpaired) electrons. The zero-order chi connectivity index (χ0) is 40.3. The van der Waals surface area contributed by atoms with Crippen molar-refractivity contribution in [1.29, 1.82) is 0 Å². The van der Waals surface area contributed by atoms with Crippen LogP contribution in [-0.2, 0) is 32.0 Å². The van der Waals surface area contributed by atoms with Crippen LogP contribution in [0, 0.1) is 10.8 Å². The minimum Gasteiger partial charge on any atom is -0.453 e. The number of ether oxygens (including phenoxy) is 2. The average Bonchev–Trinajstić information content (AvgIpc) is 3.08. The van der Waals surface area contributed by atoms with Crippen LogP contribution in [0.1, 0.15) is 73.4 Å². The Bertz CT molecular complexity index is 1670. The van der Waals surface area contributed by atoms with Gasteiger partial charge < -0.3 is 30.5 Å². The van der Waals surface area contributed by atoms with Gasteiger partial charge in [0, 0.05) is 24.8 Å². The monoisotopic (exact) mass is 746 g/mol. The summed E-state index contributed by atoms with van der Waals surface area (Å²) in [5.41, 5.74) is 4.08. The van der Waals surface area contributed by atoms with E-state index in [4.69, 9.17) is 9.47 Å². The van der Waals surface area contributed by atoms with E-state index in [1.165, 1.54) is 7.11 Å². The Labute approximate surface area is 319 Å². The molecule has 0 fully saturated rings. The summed E-state index contributed by atoms with van der Waals surface area (Å²) in [4.78, 5) is 57.4. The maximum atomic E-state index is 14.0. The summed E-state index contributed by atoms with van der Waals surface area (Å²) in [5, 5.41) is 21.8. The van der Waals surface area contributed by atoms with Crippen LogP contribution in [-0.4, -0.2) is 82.6 Å². The molecule has 13 nitrogen and oxygen atoms in total. The van der Waals surface area contributed by atoms with E-state index >= 15 is 0 Å². The summed E-state index contributed by atoms with van der Waals surface area (Å²) < 4.78 is 10.2. The molecule has 4 amide bonds. The quantitative estimate of drug-likeness (QED) is 0.136. The van der Waals surface area contributed by atoms with E-state index in [-0.39, 0.29) is 19.5 Å². The molecule has 54 heavy (non-hydrogen) atoms. The van der Waals surface area contributed by atoms with Crippen LogP contribution in [0.3, 0.4) is 0 Å². The predicted octanol–water partition coefficient (Wildman–Crippen LogP) is 5.38. The summed E-state index contributed by atoms with van der Waals surface area (Å²) in [5.74, 6) is -1.03. The van der Waals surface area contributed by atoms with Crippen molar-refractivity contribution in [2.24, 2.45) is 10.8 Å². The second-order valence-electron chi connectivity index (χ2n) is 16.5. The number of aliphatic hydroxyl groups is 1. The molecule has 3 aromatic rings. The Morgan fingerprint density at radius 3 is 1.83 bits per heavy atom. The first kappa shape index (κ1) is 43.4. The Morgan fingerprint density at radius 1 is 0.722 bits per heavy atom. The lowest BCUT2D eigenvalue weighted by molar-refractivity contribution is -0.132. The third-order valence-corrected chi connectivity index (χ3v) is 8.42. The molecule has 0 saturated carbocycles. The fourth-order valence-electron chi connectivity index (χ4n) is 5.63. The van der Waals surface area contributed by atoms with Crippen molar-refractivity contribution >= 4 is 24.0 Å². The molecule has 0 aliphatic heterocycles. The third-order valence-electron chi connectivity index (χ3n) is 8.42. The SMILES string of the molecule is COC(=O)N[C@H](C(=O)NN(Cc1ccc(-c2ccccn2)cc1)C[C@H](O)C(Cc1ccccc1)NC(=O)[C@@H](NC(=O)OC(C)(C)C)C(C)(C)C)C(C)(C)C. The number of alkyl carbamates (subject to hydrolysis) is 2. The van der Waals surface area contributed by atoms with Gasteiger partial charge in [-0.2, -0.15) is 0 Å². The highest BCUT2D eigenvalue weighted by atomic mass is 16.6. The predicted molar refractivity (Wildman–Crippen MR) is 208 cm³/mol. The number of pyridine rings is 1. The minimum atomic E-state index is -1.23. The first-order valence-electron chi connectivity index (χ1n) is 18.1. The van der Waals surface area contributed by atoms with Crippen molar-refractivity contribution in [2.75, 3.05) is 13.7 Å². The van der Waals surface area contributed by atoms with E-state index in [1.54, 1.807) is 32.0 Å². The molecule has 4 atom stereocenters. The van der Waals surface area contributed by atoms with Gasteiger partial charge in [-0.1, -0.05) is 102 Å². The number of methoxy groups -OCH3 is 1. The summed E-state index contributed by atoms with van der Waals surface area (Å²) in [6, 6.07) is 19.8. The second-order valence-corrected chi connectivity index (χ2v) is 16.5. The Balaban J connectivity index is 1.96. The van der Waals surface area contributed by atoms with Gasteiger partial charge in [-0.05, 0) is 61.3 Å². The van der Waals surface area contributed by atoms with Gasteiger partial charge in [0.15, 0.2) is 0 Å². The van der Waals surface area contributed by atoms with Crippen LogP contribution < -0.4 is 21.4 Å². The normalized spacial score (nSPS) is 14.2. The van der Waals surface area contributed by atoms with Gasteiger partial charge in [0.2, 0.25) is 5.91 Å². The van der Waals surface area contributed by atoms with Gasteiger partial charge in [-0.3, -0.25) is 20.0 Å². The number of hydrogen-bond acceptors (Lipinski definition) is 9. The van der Waals surface area contributed by atoms with Crippen molar-refractivity contribution in [1.82, 2.24) is 31.4 Å². The number of amides is 4. The number of carbonyl (C=O) groups is 4. The van der Waals surface area contributed by atoms with Crippen molar-refractivity contribution < 1.29 is 33.8 Å². The number of benzene rings is 2. The van der Waals surface area contributed by atoms with Crippen LogP contribution in [0.25, 0.3) is 11.3 Å². The van der Waals surface area contributed by atoms with E-state index in [0.29, 0.717) is 0 Å². The number of carbonyl (C=O) groups excluding carboxylic acids is 4. The highest BCUT2D eigenvalue weighted by molar-refractivity contribution is 5.87. The lowest BCUT2D eigenvalue weighted by Crippen LogP contribution is -2.61. The van der Waals surface area contributed by atoms with Crippen LogP contribution in [0.2, 0.25) is 0 Å². The first-order chi connectivity index (χ1) is 25.2. The van der Waals surface area contributed by atoms with Crippen LogP contribution in [0.4, 0.5) is 9.59 Å². The van der Waals surface area contributed by atoms with Crippen molar-refractivity contribution in [3.63, 3.8) is 0 Å². The first-order valence-corrected chi connectivity index (χ1v) is 18.1.